The molecule has 0 saturated heterocycles. The van der Waals surface area contributed by atoms with Gasteiger partial charge in [-0.2, -0.15) is 0 Å². The third-order valence-corrected chi connectivity index (χ3v) is 2.36. The summed E-state index contributed by atoms with van der Waals surface area (Å²) in [7, 11) is 3.84. The zero-order valence-corrected chi connectivity index (χ0v) is 10.6. The summed E-state index contributed by atoms with van der Waals surface area (Å²) in [6.07, 6.45) is 0. The first-order chi connectivity index (χ1) is 8.40. The van der Waals surface area contributed by atoms with Gasteiger partial charge in [-0.3, -0.25) is 4.79 Å². The van der Waals surface area contributed by atoms with Crippen LogP contribution in [0.2, 0.25) is 0 Å². The Kier molecular flexibility index (Phi) is 4.53. The molecule has 2 amide bonds. The predicted octanol–water partition coefficient (Wildman–Crippen LogP) is 1.35. The minimum Gasteiger partial charge on any atom is -0.480 e. The van der Waals surface area contributed by atoms with E-state index in [4.69, 9.17) is 5.11 Å². The number of carbonyl (C=O) groups excluding carboxylic acids is 1. The molecule has 6 heteroatoms. The van der Waals surface area contributed by atoms with Gasteiger partial charge in [0, 0.05) is 25.5 Å². The van der Waals surface area contributed by atoms with Crippen molar-refractivity contribution in [3.8, 4) is 0 Å². The van der Waals surface area contributed by atoms with Crippen molar-refractivity contribution in [3.63, 3.8) is 0 Å². The molecule has 0 spiro atoms. The number of amides is 2. The number of anilines is 2. The van der Waals surface area contributed by atoms with Crippen LogP contribution in [0.1, 0.15) is 6.92 Å². The van der Waals surface area contributed by atoms with Gasteiger partial charge in [0.15, 0.2) is 0 Å². The maximum atomic E-state index is 11.5. The molecule has 0 radical (unpaired) electrons. The summed E-state index contributed by atoms with van der Waals surface area (Å²) in [5, 5.41) is 13.5. The van der Waals surface area contributed by atoms with Crippen LogP contribution in [0.3, 0.4) is 0 Å². The minimum atomic E-state index is -1.08. The van der Waals surface area contributed by atoms with Gasteiger partial charge in [0.05, 0.1) is 0 Å². The number of hydrogen-bond donors (Lipinski definition) is 3. The number of nitrogens with one attached hydrogen (secondary N) is 2. The molecule has 1 aromatic carbocycles. The Morgan fingerprint density at radius 1 is 1.22 bits per heavy atom. The van der Waals surface area contributed by atoms with Crippen LogP contribution in [0.25, 0.3) is 0 Å². The van der Waals surface area contributed by atoms with Gasteiger partial charge in [0.2, 0.25) is 0 Å². The number of carboxylic acids is 1. The minimum absolute atomic E-state index is 0.539. The van der Waals surface area contributed by atoms with Crippen LogP contribution in [0, 0.1) is 0 Å². The van der Waals surface area contributed by atoms with E-state index in [1.54, 1.807) is 12.1 Å². The number of benzene rings is 1. The molecule has 0 aliphatic heterocycles. The molecule has 1 rings (SSSR count). The number of rotatable bonds is 4. The van der Waals surface area contributed by atoms with Crippen molar-refractivity contribution in [2.24, 2.45) is 0 Å². The Morgan fingerprint density at radius 3 is 2.22 bits per heavy atom. The average molecular weight is 251 g/mol. The standard InChI is InChI=1S/C12H17N3O3/c1-8(11(16)17)13-12(18)14-9-4-6-10(7-5-9)15(2)3/h4-8H,1-3H3,(H,16,17)(H2,13,14,18). The fourth-order valence-corrected chi connectivity index (χ4v) is 1.27. The van der Waals surface area contributed by atoms with Crippen LogP contribution in [-0.2, 0) is 4.79 Å². The number of aliphatic carboxylic acids is 1. The molecule has 3 N–H and O–H groups in total. The molecule has 98 valence electrons. The Hall–Kier alpha value is -2.24. The van der Waals surface area contributed by atoms with Crippen LogP contribution in [0.4, 0.5) is 16.2 Å². The average Bonchev–Trinajstić information content (AvgIpc) is 2.29. The van der Waals surface area contributed by atoms with Crippen molar-refractivity contribution >= 4 is 23.4 Å². The molecular weight excluding hydrogens is 234 g/mol. The summed E-state index contributed by atoms with van der Waals surface area (Å²) < 4.78 is 0. The van der Waals surface area contributed by atoms with Gasteiger partial charge in [0.25, 0.3) is 0 Å². The molecule has 1 atom stereocenters. The van der Waals surface area contributed by atoms with Crippen molar-refractivity contribution in [2.45, 2.75) is 13.0 Å². The normalized spacial score (nSPS) is 11.5. The SMILES string of the molecule is CC(NC(=O)Nc1ccc(N(C)C)cc1)C(=O)O. The van der Waals surface area contributed by atoms with Gasteiger partial charge in [-0.25, -0.2) is 4.79 Å². The highest BCUT2D eigenvalue weighted by Gasteiger charge is 2.13. The highest BCUT2D eigenvalue weighted by atomic mass is 16.4. The first-order valence-corrected chi connectivity index (χ1v) is 5.48. The fraction of sp³-hybridized carbons (Fsp3) is 0.333. The van der Waals surface area contributed by atoms with Gasteiger partial charge in [-0.1, -0.05) is 0 Å². The van der Waals surface area contributed by atoms with Crippen molar-refractivity contribution < 1.29 is 14.7 Å². The van der Waals surface area contributed by atoms with Crippen LogP contribution in [0.15, 0.2) is 24.3 Å². The molecule has 0 aliphatic carbocycles. The van der Waals surface area contributed by atoms with E-state index in [2.05, 4.69) is 10.6 Å². The second kappa shape index (κ2) is 5.90. The van der Waals surface area contributed by atoms with Gasteiger partial charge < -0.3 is 20.6 Å². The van der Waals surface area contributed by atoms with Crippen molar-refractivity contribution in [2.75, 3.05) is 24.3 Å². The highest BCUT2D eigenvalue weighted by Crippen LogP contribution is 2.15. The Balaban J connectivity index is 2.57. The van der Waals surface area contributed by atoms with Crippen molar-refractivity contribution in [1.29, 1.82) is 0 Å². The summed E-state index contributed by atoms with van der Waals surface area (Å²) >= 11 is 0. The topological polar surface area (TPSA) is 81.7 Å². The highest BCUT2D eigenvalue weighted by molar-refractivity contribution is 5.92. The second-order valence-electron chi connectivity index (χ2n) is 4.10. The summed E-state index contributed by atoms with van der Waals surface area (Å²) in [4.78, 5) is 23.9. The molecule has 6 nitrogen and oxygen atoms in total. The molecule has 0 heterocycles. The van der Waals surface area contributed by atoms with Gasteiger partial charge in [0.1, 0.15) is 6.04 Å². The quantitative estimate of drug-likeness (QED) is 0.754. The summed E-state index contributed by atoms with van der Waals surface area (Å²) in [6.45, 7) is 1.40. The van der Waals surface area contributed by atoms with E-state index in [-0.39, 0.29) is 0 Å². The molecule has 1 unspecified atom stereocenters. The number of urea groups is 1. The molecule has 0 saturated carbocycles. The lowest BCUT2D eigenvalue weighted by Gasteiger charge is -2.14. The fourth-order valence-electron chi connectivity index (χ4n) is 1.27. The maximum Gasteiger partial charge on any atom is 0.325 e. The van der Waals surface area contributed by atoms with E-state index in [1.165, 1.54) is 6.92 Å². The second-order valence-corrected chi connectivity index (χ2v) is 4.10. The van der Waals surface area contributed by atoms with Gasteiger partial charge >= 0.3 is 12.0 Å². The van der Waals surface area contributed by atoms with Crippen LogP contribution in [-0.4, -0.2) is 37.2 Å². The van der Waals surface area contributed by atoms with E-state index in [1.807, 2.05) is 31.1 Å². The van der Waals surface area contributed by atoms with Gasteiger partial charge in [-0.15, -0.1) is 0 Å². The zero-order valence-electron chi connectivity index (χ0n) is 10.6. The first-order valence-electron chi connectivity index (χ1n) is 5.48. The number of nitrogens with zero attached hydrogens (tertiary/aromatic N) is 1. The summed E-state index contributed by atoms with van der Waals surface area (Å²) in [5.74, 6) is -1.08. The van der Waals surface area contributed by atoms with E-state index in [0.717, 1.165) is 5.69 Å². The van der Waals surface area contributed by atoms with Gasteiger partial charge in [-0.05, 0) is 31.2 Å². The predicted molar refractivity (Wildman–Crippen MR) is 70.0 cm³/mol. The monoisotopic (exact) mass is 251 g/mol. The number of carboxylic acid groups (broad SMARTS) is 1. The molecular formula is C12H17N3O3. The smallest absolute Gasteiger partial charge is 0.325 e. The third-order valence-electron chi connectivity index (χ3n) is 2.36. The van der Waals surface area contributed by atoms with E-state index in [9.17, 15) is 9.59 Å². The molecule has 1 aromatic rings. The van der Waals surface area contributed by atoms with E-state index >= 15 is 0 Å². The van der Waals surface area contributed by atoms with Crippen molar-refractivity contribution in [3.05, 3.63) is 24.3 Å². The van der Waals surface area contributed by atoms with Crippen LogP contribution >= 0.6 is 0 Å². The summed E-state index contributed by atoms with van der Waals surface area (Å²) in [5.41, 5.74) is 1.62. The molecule has 18 heavy (non-hydrogen) atoms. The van der Waals surface area contributed by atoms with E-state index < -0.39 is 18.0 Å². The molecule has 0 aliphatic rings. The third kappa shape index (κ3) is 3.97. The zero-order chi connectivity index (χ0) is 13.7. The number of carbonyl (C=O) groups is 2. The Morgan fingerprint density at radius 2 is 1.78 bits per heavy atom. The maximum absolute atomic E-state index is 11.5. The summed E-state index contributed by atoms with van der Waals surface area (Å²) in [6, 6.07) is 5.75. The van der Waals surface area contributed by atoms with Crippen LogP contribution in [0.5, 0.6) is 0 Å². The Bertz CT molecular complexity index is 429. The Labute approximate surface area is 106 Å². The lowest BCUT2D eigenvalue weighted by molar-refractivity contribution is -0.138. The van der Waals surface area contributed by atoms with Crippen LogP contribution < -0.4 is 15.5 Å². The number of hydrogen-bond acceptors (Lipinski definition) is 3. The molecule has 0 aromatic heterocycles. The molecule has 0 bridgehead atoms. The lowest BCUT2D eigenvalue weighted by atomic mass is 10.2. The van der Waals surface area contributed by atoms with Crippen molar-refractivity contribution in [1.82, 2.24) is 5.32 Å². The van der Waals surface area contributed by atoms with E-state index in [0.29, 0.717) is 5.69 Å². The molecule has 0 fully saturated rings. The largest absolute Gasteiger partial charge is 0.480 e. The first kappa shape index (κ1) is 13.8. The lowest BCUT2D eigenvalue weighted by Crippen LogP contribution is -2.40.